The van der Waals surface area contributed by atoms with Gasteiger partial charge in [-0.3, -0.25) is 4.57 Å². The van der Waals surface area contributed by atoms with Crippen molar-refractivity contribution < 1.29 is 33.8 Å². The van der Waals surface area contributed by atoms with Crippen LogP contribution in [0, 0.1) is 11.3 Å². The molecule has 0 aliphatic rings. The summed E-state index contributed by atoms with van der Waals surface area (Å²) in [6.07, 6.45) is 2.09. The number of allylic oxidation sites excluding steroid dienone is 1. The topological polar surface area (TPSA) is 145 Å². The van der Waals surface area contributed by atoms with Crippen LogP contribution in [0.3, 0.4) is 0 Å². The van der Waals surface area contributed by atoms with Gasteiger partial charge in [-0.05, 0) is 13.3 Å². The molecule has 1 atom stereocenters. The molecule has 3 N–H and O–H groups in total. The maximum absolute atomic E-state index is 10.9. The number of rotatable bonds is 5. The molecule has 0 fully saturated rings. The standard InChI is InChI=1S/C7H13O5P.C3H3N.C3H4O2/c1-4-6(13(9,10)11)12-7(8)5(2)3;1-2-3-4;1-2-3(4)5/h6H,2,4H2,1,3H3,(H2,9,10,11);2H,1H2;2H,1H2,(H,4,5). The Hall–Kier alpha value is -2.20. The number of carbonyl (C=O) groups is 2. The van der Waals surface area contributed by atoms with Gasteiger partial charge >= 0.3 is 19.5 Å². The highest BCUT2D eigenvalue weighted by Gasteiger charge is 2.30. The third-order valence-corrected chi connectivity index (χ3v) is 2.80. The molecule has 1 unspecified atom stereocenters. The minimum Gasteiger partial charge on any atom is -0.478 e. The molecule has 0 radical (unpaired) electrons. The van der Waals surface area contributed by atoms with Gasteiger partial charge in [0.2, 0.25) is 5.85 Å². The second kappa shape index (κ2) is 13.8. The zero-order chi connectivity index (χ0) is 18.3. The van der Waals surface area contributed by atoms with Crippen LogP contribution in [-0.2, 0) is 18.9 Å². The molecule has 0 aliphatic heterocycles. The molecule has 8 nitrogen and oxygen atoms in total. The first-order chi connectivity index (χ1) is 9.97. The number of carboxylic acid groups (broad SMARTS) is 1. The summed E-state index contributed by atoms with van der Waals surface area (Å²) < 4.78 is 15.2. The van der Waals surface area contributed by atoms with Crippen molar-refractivity contribution in [2.75, 3.05) is 0 Å². The summed E-state index contributed by atoms with van der Waals surface area (Å²) >= 11 is 0. The average molecular weight is 333 g/mol. The van der Waals surface area contributed by atoms with Gasteiger partial charge in [0.15, 0.2) is 0 Å². The number of carbonyl (C=O) groups excluding carboxylic acids is 1. The predicted octanol–water partition coefficient (Wildman–Crippen LogP) is 1.97. The van der Waals surface area contributed by atoms with Gasteiger partial charge in [0.25, 0.3) is 0 Å². The third-order valence-electron chi connectivity index (χ3n) is 1.58. The van der Waals surface area contributed by atoms with Crippen LogP contribution in [0.5, 0.6) is 0 Å². The normalized spacial score (nSPS) is 10.1. The Morgan fingerprint density at radius 3 is 1.91 bits per heavy atom. The van der Waals surface area contributed by atoms with Crippen molar-refractivity contribution in [3.05, 3.63) is 37.5 Å². The maximum atomic E-state index is 10.9. The lowest BCUT2D eigenvalue weighted by molar-refractivity contribution is -0.141. The minimum atomic E-state index is -4.35. The van der Waals surface area contributed by atoms with Crippen LogP contribution in [0.4, 0.5) is 0 Å². The molecule has 0 spiro atoms. The van der Waals surface area contributed by atoms with E-state index in [2.05, 4.69) is 24.5 Å². The molecule has 0 aromatic heterocycles. The first-order valence-electron chi connectivity index (χ1n) is 5.75. The van der Waals surface area contributed by atoms with Crippen LogP contribution in [0.15, 0.2) is 37.5 Å². The van der Waals surface area contributed by atoms with Crippen molar-refractivity contribution >= 4 is 19.5 Å². The number of carboxylic acids is 1. The van der Waals surface area contributed by atoms with E-state index >= 15 is 0 Å². The molecule has 0 aromatic carbocycles. The van der Waals surface area contributed by atoms with Gasteiger partial charge in [0.05, 0.1) is 6.07 Å². The van der Waals surface area contributed by atoms with Crippen LogP contribution < -0.4 is 0 Å². The van der Waals surface area contributed by atoms with Crippen LogP contribution in [0.1, 0.15) is 20.3 Å². The highest BCUT2D eigenvalue weighted by Crippen LogP contribution is 2.43. The Bertz CT molecular complexity index is 487. The van der Waals surface area contributed by atoms with Crippen molar-refractivity contribution in [3.63, 3.8) is 0 Å². The number of aliphatic carboxylic acids is 1. The molecule has 0 heterocycles. The summed E-state index contributed by atoms with van der Waals surface area (Å²) in [6, 6.07) is 1.69. The number of nitriles is 1. The van der Waals surface area contributed by atoms with Gasteiger partial charge in [0.1, 0.15) is 0 Å². The van der Waals surface area contributed by atoms with E-state index in [1.807, 2.05) is 0 Å². The zero-order valence-electron chi connectivity index (χ0n) is 12.4. The first kappa shape index (κ1) is 24.8. The lowest BCUT2D eigenvalue weighted by Gasteiger charge is -2.16. The Balaban J connectivity index is -0.000000330. The van der Waals surface area contributed by atoms with Gasteiger partial charge < -0.3 is 19.6 Å². The Kier molecular flexibility index (Phi) is 15.5. The molecule has 124 valence electrons. The van der Waals surface area contributed by atoms with E-state index in [1.165, 1.54) is 19.9 Å². The van der Waals surface area contributed by atoms with E-state index < -0.39 is 25.4 Å². The van der Waals surface area contributed by atoms with E-state index in [0.29, 0.717) is 0 Å². The highest BCUT2D eigenvalue weighted by molar-refractivity contribution is 7.52. The minimum absolute atomic E-state index is 0.0727. The molecule has 0 saturated heterocycles. The van der Waals surface area contributed by atoms with Crippen molar-refractivity contribution in [1.82, 2.24) is 0 Å². The number of hydrogen-bond acceptors (Lipinski definition) is 5. The summed E-state index contributed by atoms with van der Waals surface area (Å²) in [5, 5.41) is 15.1. The summed E-state index contributed by atoms with van der Waals surface area (Å²) in [7, 11) is -4.35. The van der Waals surface area contributed by atoms with Crippen LogP contribution in [0.2, 0.25) is 0 Å². The summed E-state index contributed by atoms with van der Waals surface area (Å²) in [5.41, 5.74) is 0.117. The van der Waals surface area contributed by atoms with E-state index in [0.717, 1.165) is 6.08 Å². The summed E-state index contributed by atoms with van der Waals surface area (Å²) in [6.45, 7) is 12.3. The summed E-state index contributed by atoms with van der Waals surface area (Å²) in [4.78, 5) is 37.6. The summed E-state index contributed by atoms with van der Waals surface area (Å²) in [5.74, 6) is -3.13. The largest absolute Gasteiger partial charge is 0.478 e. The highest BCUT2D eigenvalue weighted by atomic mass is 31.2. The molecule has 0 saturated carbocycles. The number of hydrogen-bond donors (Lipinski definition) is 3. The molecular weight excluding hydrogens is 313 g/mol. The Morgan fingerprint density at radius 1 is 1.41 bits per heavy atom. The van der Waals surface area contributed by atoms with Crippen molar-refractivity contribution in [2.24, 2.45) is 0 Å². The molecule has 9 heteroatoms. The molecule has 0 rings (SSSR count). The lowest BCUT2D eigenvalue weighted by Crippen LogP contribution is -2.17. The third kappa shape index (κ3) is 17.8. The monoisotopic (exact) mass is 333 g/mol. The van der Waals surface area contributed by atoms with Gasteiger partial charge in [0, 0.05) is 17.7 Å². The van der Waals surface area contributed by atoms with Gasteiger partial charge in [-0.1, -0.05) is 26.7 Å². The first-order valence-corrected chi connectivity index (χ1v) is 7.43. The average Bonchev–Trinajstić information content (AvgIpc) is 2.43. The predicted molar refractivity (Wildman–Crippen MR) is 80.7 cm³/mol. The number of ether oxygens (including phenoxy) is 1. The molecule has 0 aromatic rings. The second-order valence-corrected chi connectivity index (χ2v) is 5.27. The van der Waals surface area contributed by atoms with Crippen molar-refractivity contribution in [3.8, 4) is 6.07 Å². The van der Waals surface area contributed by atoms with E-state index in [1.54, 1.807) is 6.07 Å². The van der Waals surface area contributed by atoms with Gasteiger partial charge in [-0.15, -0.1) is 0 Å². The fourth-order valence-corrected chi connectivity index (χ4v) is 1.32. The van der Waals surface area contributed by atoms with Crippen LogP contribution in [0.25, 0.3) is 0 Å². The number of esters is 1. The second-order valence-electron chi connectivity index (χ2n) is 3.51. The molecule has 0 amide bonds. The van der Waals surface area contributed by atoms with Crippen LogP contribution >= 0.6 is 7.60 Å². The molecule has 0 bridgehead atoms. The fraction of sp³-hybridized carbons (Fsp3) is 0.308. The number of nitrogens with zero attached hydrogens (tertiary/aromatic N) is 1. The molecule has 22 heavy (non-hydrogen) atoms. The van der Waals surface area contributed by atoms with Crippen molar-refractivity contribution in [1.29, 1.82) is 5.26 Å². The Morgan fingerprint density at radius 2 is 1.77 bits per heavy atom. The fourth-order valence-electron chi connectivity index (χ4n) is 0.614. The van der Waals surface area contributed by atoms with Crippen LogP contribution in [-0.4, -0.2) is 32.7 Å². The molecule has 0 aliphatic carbocycles. The smallest absolute Gasteiger partial charge is 0.365 e. The zero-order valence-corrected chi connectivity index (χ0v) is 13.3. The SMILES string of the molecule is C=C(C)C(=O)OC(CC)P(=O)(O)O.C=CC#N.C=CC(=O)O. The maximum Gasteiger partial charge on any atom is 0.365 e. The van der Waals surface area contributed by atoms with Gasteiger partial charge in [-0.2, -0.15) is 5.26 Å². The Labute approximate surface area is 129 Å². The lowest BCUT2D eigenvalue weighted by atomic mass is 10.4. The van der Waals surface area contributed by atoms with Gasteiger partial charge in [-0.25, -0.2) is 9.59 Å². The van der Waals surface area contributed by atoms with E-state index in [4.69, 9.17) is 20.2 Å². The molecular formula is C13H20NO7P. The quantitative estimate of drug-likeness (QED) is 0.300. The van der Waals surface area contributed by atoms with E-state index in [-0.39, 0.29) is 12.0 Å². The van der Waals surface area contributed by atoms with E-state index in [9.17, 15) is 14.2 Å². The van der Waals surface area contributed by atoms with Crippen molar-refractivity contribution in [2.45, 2.75) is 26.1 Å².